The SMILES string of the molecule is O=C1c2ccccc2C(=O)N1CC1(CBr)CCCCC1. The predicted molar refractivity (Wildman–Crippen MR) is 81.1 cm³/mol. The second-order valence-electron chi connectivity index (χ2n) is 5.94. The number of imide groups is 1. The number of amides is 2. The summed E-state index contributed by atoms with van der Waals surface area (Å²) < 4.78 is 0. The van der Waals surface area contributed by atoms with Crippen molar-refractivity contribution in [2.24, 2.45) is 5.41 Å². The first-order valence-corrected chi connectivity index (χ1v) is 8.30. The van der Waals surface area contributed by atoms with Crippen LogP contribution in [0, 0.1) is 5.41 Å². The number of carbonyl (C=O) groups is 2. The number of benzene rings is 1. The highest BCUT2D eigenvalue weighted by molar-refractivity contribution is 9.09. The molecule has 0 bridgehead atoms. The van der Waals surface area contributed by atoms with E-state index in [0.29, 0.717) is 17.7 Å². The average molecular weight is 336 g/mol. The summed E-state index contributed by atoms with van der Waals surface area (Å²) in [5, 5.41) is 0.855. The van der Waals surface area contributed by atoms with Crippen LogP contribution < -0.4 is 0 Å². The first kappa shape index (κ1) is 13.8. The molecule has 0 saturated heterocycles. The third-order valence-electron chi connectivity index (χ3n) is 4.57. The highest BCUT2D eigenvalue weighted by Crippen LogP contribution is 2.40. The number of carbonyl (C=O) groups excluding carboxylic acids is 2. The average Bonchev–Trinajstić information content (AvgIpc) is 2.74. The van der Waals surface area contributed by atoms with Crippen LogP contribution in [0.1, 0.15) is 52.8 Å². The maximum Gasteiger partial charge on any atom is 0.261 e. The quantitative estimate of drug-likeness (QED) is 0.624. The molecule has 0 radical (unpaired) electrons. The molecule has 2 amide bonds. The van der Waals surface area contributed by atoms with E-state index in [0.717, 1.165) is 18.2 Å². The largest absolute Gasteiger partial charge is 0.274 e. The number of hydrogen-bond donors (Lipinski definition) is 0. The van der Waals surface area contributed by atoms with Gasteiger partial charge < -0.3 is 0 Å². The monoisotopic (exact) mass is 335 g/mol. The van der Waals surface area contributed by atoms with E-state index in [-0.39, 0.29) is 17.2 Å². The molecule has 0 spiro atoms. The van der Waals surface area contributed by atoms with Gasteiger partial charge in [-0.05, 0) is 30.4 Å². The Hall–Kier alpha value is -1.16. The van der Waals surface area contributed by atoms with Crippen molar-refractivity contribution < 1.29 is 9.59 Å². The van der Waals surface area contributed by atoms with Gasteiger partial charge in [0.25, 0.3) is 11.8 Å². The lowest BCUT2D eigenvalue weighted by molar-refractivity contribution is 0.0547. The molecule has 0 N–H and O–H groups in total. The molecule has 1 aromatic carbocycles. The summed E-state index contributed by atoms with van der Waals surface area (Å²) in [6.07, 6.45) is 5.82. The van der Waals surface area contributed by atoms with Crippen molar-refractivity contribution in [3.05, 3.63) is 35.4 Å². The molecule has 3 nitrogen and oxygen atoms in total. The molecule has 1 heterocycles. The molecule has 0 unspecified atom stereocenters. The molecule has 0 aromatic heterocycles. The molecule has 20 heavy (non-hydrogen) atoms. The van der Waals surface area contributed by atoms with Gasteiger partial charge in [-0.25, -0.2) is 0 Å². The van der Waals surface area contributed by atoms with Crippen LogP contribution in [0.25, 0.3) is 0 Å². The van der Waals surface area contributed by atoms with Gasteiger partial charge in [-0.15, -0.1) is 0 Å². The van der Waals surface area contributed by atoms with Gasteiger partial charge in [0.1, 0.15) is 0 Å². The number of hydrogen-bond acceptors (Lipinski definition) is 2. The van der Waals surface area contributed by atoms with Gasteiger partial charge in [-0.3, -0.25) is 14.5 Å². The Kier molecular flexibility index (Phi) is 3.67. The van der Waals surface area contributed by atoms with Crippen LogP contribution in [0.4, 0.5) is 0 Å². The lowest BCUT2D eigenvalue weighted by Crippen LogP contribution is -2.43. The molecule has 0 atom stereocenters. The Morgan fingerprint density at radius 2 is 1.55 bits per heavy atom. The van der Waals surface area contributed by atoms with Gasteiger partial charge in [0, 0.05) is 11.9 Å². The van der Waals surface area contributed by atoms with Crippen LogP contribution in [0.5, 0.6) is 0 Å². The zero-order chi connectivity index (χ0) is 14.2. The molecule has 2 aliphatic rings. The fourth-order valence-electron chi connectivity index (χ4n) is 3.35. The minimum absolute atomic E-state index is 0.0611. The molecule has 106 valence electrons. The van der Waals surface area contributed by atoms with E-state index in [9.17, 15) is 9.59 Å². The molecule has 1 saturated carbocycles. The number of rotatable bonds is 3. The van der Waals surface area contributed by atoms with E-state index < -0.39 is 0 Å². The zero-order valence-electron chi connectivity index (χ0n) is 11.4. The van der Waals surface area contributed by atoms with Gasteiger partial charge in [0.15, 0.2) is 0 Å². The van der Waals surface area contributed by atoms with Crippen LogP contribution in [0.3, 0.4) is 0 Å². The predicted octanol–water partition coefficient (Wildman–Crippen LogP) is 3.63. The highest BCUT2D eigenvalue weighted by Gasteiger charge is 2.41. The Labute approximate surface area is 127 Å². The summed E-state index contributed by atoms with van der Waals surface area (Å²) >= 11 is 3.60. The molecule has 3 rings (SSSR count). The summed E-state index contributed by atoms with van der Waals surface area (Å²) in [6, 6.07) is 7.12. The fourth-order valence-corrected chi connectivity index (χ4v) is 4.09. The second-order valence-corrected chi connectivity index (χ2v) is 6.50. The Morgan fingerprint density at radius 1 is 1.00 bits per heavy atom. The van der Waals surface area contributed by atoms with Crippen LogP contribution in [-0.4, -0.2) is 28.6 Å². The maximum absolute atomic E-state index is 12.4. The number of halogens is 1. The summed E-state index contributed by atoms with van der Waals surface area (Å²) in [6.45, 7) is 0.546. The van der Waals surface area contributed by atoms with Gasteiger partial charge in [-0.2, -0.15) is 0 Å². The van der Waals surface area contributed by atoms with Crippen LogP contribution in [0.15, 0.2) is 24.3 Å². The highest BCUT2D eigenvalue weighted by atomic mass is 79.9. The topological polar surface area (TPSA) is 37.4 Å². The lowest BCUT2D eigenvalue weighted by Gasteiger charge is -2.38. The molecular formula is C16H18BrNO2. The van der Waals surface area contributed by atoms with Crippen molar-refractivity contribution in [2.45, 2.75) is 32.1 Å². The summed E-state index contributed by atoms with van der Waals surface area (Å²) in [5.41, 5.74) is 1.17. The van der Waals surface area contributed by atoms with Crippen molar-refractivity contribution in [1.82, 2.24) is 4.90 Å². The third kappa shape index (κ3) is 2.20. The van der Waals surface area contributed by atoms with Crippen LogP contribution >= 0.6 is 15.9 Å². The molecule has 1 aliphatic heterocycles. The number of fused-ring (bicyclic) bond motifs is 1. The standard InChI is InChI=1S/C16H18BrNO2/c17-10-16(8-4-1-5-9-16)11-18-14(19)12-6-2-3-7-13(12)15(18)20/h2-3,6-7H,1,4-5,8-11H2. The third-order valence-corrected chi connectivity index (χ3v) is 5.76. The van der Waals surface area contributed by atoms with Crippen LogP contribution in [0.2, 0.25) is 0 Å². The zero-order valence-corrected chi connectivity index (χ0v) is 13.0. The Morgan fingerprint density at radius 3 is 2.05 bits per heavy atom. The van der Waals surface area contributed by atoms with E-state index in [1.54, 1.807) is 12.1 Å². The van der Waals surface area contributed by atoms with E-state index in [4.69, 9.17) is 0 Å². The maximum atomic E-state index is 12.4. The van der Waals surface area contributed by atoms with E-state index in [2.05, 4.69) is 15.9 Å². The van der Waals surface area contributed by atoms with E-state index >= 15 is 0 Å². The van der Waals surface area contributed by atoms with Crippen molar-refractivity contribution in [3.8, 4) is 0 Å². The Balaban J connectivity index is 1.85. The molecule has 1 aliphatic carbocycles. The van der Waals surface area contributed by atoms with E-state index in [1.165, 1.54) is 24.2 Å². The van der Waals surface area contributed by atoms with Crippen molar-refractivity contribution >= 4 is 27.7 Å². The molecular weight excluding hydrogens is 318 g/mol. The summed E-state index contributed by atoms with van der Waals surface area (Å²) in [5.74, 6) is -0.256. The van der Waals surface area contributed by atoms with Gasteiger partial charge >= 0.3 is 0 Å². The summed E-state index contributed by atoms with van der Waals surface area (Å²) in [4.78, 5) is 26.3. The fraction of sp³-hybridized carbons (Fsp3) is 0.500. The number of nitrogens with zero attached hydrogens (tertiary/aromatic N) is 1. The first-order valence-electron chi connectivity index (χ1n) is 7.18. The lowest BCUT2D eigenvalue weighted by atomic mass is 9.75. The van der Waals surface area contributed by atoms with Gasteiger partial charge in [0.2, 0.25) is 0 Å². The first-order chi connectivity index (χ1) is 9.67. The molecule has 4 heteroatoms. The van der Waals surface area contributed by atoms with Gasteiger partial charge in [0.05, 0.1) is 11.1 Å². The number of alkyl halides is 1. The normalized spacial score (nSPS) is 21.1. The van der Waals surface area contributed by atoms with Gasteiger partial charge in [-0.1, -0.05) is 47.3 Å². The Bertz CT molecular complexity index is 514. The minimum atomic E-state index is -0.128. The van der Waals surface area contributed by atoms with E-state index in [1.807, 2.05) is 12.1 Å². The minimum Gasteiger partial charge on any atom is -0.274 e. The smallest absolute Gasteiger partial charge is 0.261 e. The molecule has 1 aromatic rings. The second kappa shape index (κ2) is 5.32. The van der Waals surface area contributed by atoms with Crippen molar-refractivity contribution in [1.29, 1.82) is 0 Å². The van der Waals surface area contributed by atoms with Crippen molar-refractivity contribution in [3.63, 3.8) is 0 Å². The van der Waals surface area contributed by atoms with Crippen LogP contribution in [-0.2, 0) is 0 Å². The van der Waals surface area contributed by atoms with Crippen molar-refractivity contribution in [2.75, 3.05) is 11.9 Å². The molecule has 1 fully saturated rings. The summed E-state index contributed by atoms with van der Waals surface area (Å²) in [7, 11) is 0.